The summed E-state index contributed by atoms with van der Waals surface area (Å²) in [6, 6.07) is 17.9. The first kappa shape index (κ1) is 19.2. The van der Waals surface area contributed by atoms with Crippen LogP contribution in [0, 0.1) is 0 Å². The molecule has 4 rings (SSSR count). The quantitative estimate of drug-likeness (QED) is 0.431. The van der Waals surface area contributed by atoms with Crippen molar-refractivity contribution in [2.24, 2.45) is 4.99 Å². The standard InChI is InChI=1S/C21H13BrClN3O3/c22-13-8-9-17(16(23)10-13)24-11-15-19(27)25-21(29)26(20(15)28)18-7-3-5-12-4-1-2-6-14(12)18/h1-11,28H,(H,25,27,29). The Morgan fingerprint density at radius 2 is 1.83 bits per heavy atom. The molecular formula is C21H13BrClN3O3. The third kappa shape index (κ3) is 3.62. The van der Waals surface area contributed by atoms with Gasteiger partial charge in [-0.2, -0.15) is 0 Å². The highest BCUT2D eigenvalue weighted by Gasteiger charge is 2.16. The smallest absolute Gasteiger partial charge is 0.335 e. The molecule has 0 saturated carbocycles. The number of halogens is 2. The maximum Gasteiger partial charge on any atom is 0.335 e. The van der Waals surface area contributed by atoms with Crippen molar-refractivity contribution in [3.63, 3.8) is 0 Å². The van der Waals surface area contributed by atoms with Gasteiger partial charge in [-0.1, -0.05) is 63.9 Å². The minimum absolute atomic E-state index is 0.156. The van der Waals surface area contributed by atoms with Crippen molar-refractivity contribution < 1.29 is 5.11 Å². The molecular weight excluding hydrogens is 458 g/mol. The first-order chi connectivity index (χ1) is 14.0. The predicted molar refractivity (Wildman–Crippen MR) is 118 cm³/mol. The van der Waals surface area contributed by atoms with E-state index in [2.05, 4.69) is 25.9 Å². The average molecular weight is 471 g/mol. The number of H-pyrrole nitrogens is 1. The zero-order valence-electron chi connectivity index (χ0n) is 14.8. The van der Waals surface area contributed by atoms with Crippen LogP contribution in [0.2, 0.25) is 5.02 Å². The monoisotopic (exact) mass is 469 g/mol. The Bertz CT molecular complexity index is 1390. The minimum atomic E-state index is -0.749. The predicted octanol–water partition coefficient (Wildman–Crippen LogP) is 4.55. The third-order valence-electron chi connectivity index (χ3n) is 4.37. The largest absolute Gasteiger partial charge is 0.493 e. The van der Waals surface area contributed by atoms with Crippen LogP contribution in [-0.2, 0) is 0 Å². The molecule has 0 aliphatic rings. The van der Waals surface area contributed by atoms with E-state index in [0.29, 0.717) is 16.4 Å². The zero-order valence-corrected chi connectivity index (χ0v) is 17.1. The highest BCUT2D eigenvalue weighted by Crippen LogP contribution is 2.28. The van der Waals surface area contributed by atoms with Gasteiger partial charge < -0.3 is 5.11 Å². The Kier molecular flexibility index (Phi) is 5.08. The summed E-state index contributed by atoms with van der Waals surface area (Å²) in [6.07, 6.45) is 1.18. The Hall–Kier alpha value is -3.16. The Morgan fingerprint density at radius 3 is 2.62 bits per heavy atom. The van der Waals surface area contributed by atoms with Crippen LogP contribution in [0.4, 0.5) is 5.69 Å². The second kappa shape index (κ2) is 7.69. The van der Waals surface area contributed by atoms with E-state index in [0.717, 1.165) is 19.8 Å². The number of fused-ring (bicyclic) bond motifs is 1. The van der Waals surface area contributed by atoms with Gasteiger partial charge >= 0.3 is 5.69 Å². The minimum Gasteiger partial charge on any atom is -0.493 e. The van der Waals surface area contributed by atoms with E-state index in [1.54, 1.807) is 30.3 Å². The molecule has 0 amide bonds. The lowest BCUT2D eigenvalue weighted by Gasteiger charge is -2.12. The van der Waals surface area contributed by atoms with Gasteiger partial charge in [0.1, 0.15) is 5.56 Å². The molecule has 0 aliphatic carbocycles. The van der Waals surface area contributed by atoms with Crippen molar-refractivity contribution in [2.45, 2.75) is 0 Å². The van der Waals surface area contributed by atoms with Crippen molar-refractivity contribution in [2.75, 3.05) is 0 Å². The number of aliphatic imine (C=N–C) groups is 1. The SMILES string of the molecule is O=c1[nH]c(=O)n(-c2cccc3ccccc23)c(O)c1C=Nc1ccc(Br)cc1Cl. The number of aromatic nitrogens is 2. The van der Waals surface area contributed by atoms with Crippen LogP contribution in [-0.4, -0.2) is 20.9 Å². The van der Waals surface area contributed by atoms with E-state index >= 15 is 0 Å². The highest BCUT2D eigenvalue weighted by molar-refractivity contribution is 9.10. The normalized spacial score (nSPS) is 11.4. The first-order valence-corrected chi connectivity index (χ1v) is 9.68. The van der Waals surface area contributed by atoms with E-state index in [-0.39, 0.29) is 5.56 Å². The molecule has 144 valence electrons. The molecule has 0 fully saturated rings. The maximum atomic E-state index is 12.5. The number of rotatable bonds is 3. The van der Waals surface area contributed by atoms with E-state index in [9.17, 15) is 14.7 Å². The molecule has 0 aliphatic heterocycles. The number of hydrogen-bond donors (Lipinski definition) is 2. The lowest BCUT2D eigenvalue weighted by Crippen LogP contribution is -2.31. The van der Waals surface area contributed by atoms with Crippen LogP contribution >= 0.6 is 27.5 Å². The Morgan fingerprint density at radius 1 is 1.07 bits per heavy atom. The summed E-state index contributed by atoms with van der Waals surface area (Å²) in [5.74, 6) is -0.507. The Labute approximate surface area is 177 Å². The summed E-state index contributed by atoms with van der Waals surface area (Å²) in [7, 11) is 0. The topological polar surface area (TPSA) is 87.5 Å². The molecule has 3 aromatic carbocycles. The molecule has 8 heteroatoms. The van der Waals surface area contributed by atoms with Crippen molar-refractivity contribution in [3.8, 4) is 11.6 Å². The number of aromatic amines is 1. The fourth-order valence-electron chi connectivity index (χ4n) is 3.00. The number of nitrogens with one attached hydrogen (secondary N) is 1. The molecule has 1 heterocycles. The lowest BCUT2D eigenvalue weighted by atomic mass is 10.1. The lowest BCUT2D eigenvalue weighted by molar-refractivity contribution is 0.430. The van der Waals surface area contributed by atoms with Gasteiger partial charge in [-0.3, -0.25) is 14.8 Å². The molecule has 29 heavy (non-hydrogen) atoms. The second-order valence-electron chi connectivity index (χ2n) is 6.18. The molecule has 0 radical (unpaired) electrons. The van der Waals surface area contributed by atoms with Crippen LogP contribution in [0.15, 0.2) is 79.7 Å². The van der Waals surface area contributed by atoms with Gasteiger partial charge in [0.15, 0.2) is 0 Å². The number of nitrogens with zero attached hydrogens (tertiary/aromatic N) is 2. The fourth-order valence-corrected chi connectivity index (χ4v) is 3.72. The fraction of sp³-hybridized carbons (Fsp3) is 0. The molecule has 6 nitrogen and oxygen atoms in total. The first-order valence-electron chi connectivity index (χ1n) is 8.51. The van der Waals surface area contributed by atoms with E-state index in [4.69, 9.17) is 11.6 Å². The van der Waals surface area contributed by atoms with Crippen LogP contribution in [0.3, 0.4) is 0 Å². The summed E-state index contributed by atoms with van der Waals surface area (Å²) in [5.41, 5.74) is -0.796. The second-order valence-corrected chi connectivity index (χ2v) is 7.51. The van der Waals surface area contributed by atoms with Gasteiger partial charge in [-0.05, 0) is 29.7 Å². The van der Waals surface area contributed by atoms with Crippen LogP contribution < -0.4 is 11.2 Å². The van der Waals surface area contributed by atoms with Crippen molar-refractivity contribution in [3.05, 3.63) is 96.6 Å². The van der Waals surface area contributed by atoms with Crippen LogP contribution in [0.5, 0.6) is 5.88 Å². The van der Waals surface area contributed by atoms with Gasteiger partial charge in [-0.15, -0.1) is 0 Å². The summed E-state index contributed by atoms with van der Waals surface area (Å²) >= 11 is 9.45. The van der Waals surface area contributed by atoms with Gasteiger partial charge in [0.2, 0.25) is 5.88 Å². The van der Waals surface area contributed by atoms with E-state index in [1.165, 1.54) is 6.21 Å². The molecule has 1 aromatic heterocycles. The molecule has 0 spiro atoms. The summed E-state index contributed by atoms with van der Waals surface area (Å²) in [6.45, 7) is 0. The number of benzene rings is 3. The number of aromatic hydroxyl groups is 1. The van der Waals surface area contributed by atoms with Gasteiger partial charge in [0.25, 0.3) is 5.56 Å². The third-order valence-corrected chi connectivity index (χ3v) is 5.17. The average Bonchev–Trinajstić information content (AvgIpc) is 2.69. The maximum absolute atomic E-state index is 12.5. The highest BCUT2D eigenvalue weighted by atomic mass is 79.9. The van der Waals surface area contributed by atoms with Crippen molar-refractivity contribution >= 4 is 50.2 Å². The van der Waals surface area contributed by atoms with Crippen molar-refractivity contribution in [1.29, 1.82) is 0 Å². The number of hydrogen-bond acceptors (Lipinski definition) is 4. The van der Waals surface area contributed by atoms with Gasteiger partial charge in [0, 0.05) is 16.1 Å². The molecule has 0 unspecified atom stereocenters. The molecule has 4 aromatic rings. The van der Waals surface area contributed by atoms with Crippen LogP contribution in [0.25, 0.3) is 16.5 Å². The molecule has 0 saturated heterocycles. The van der Waals surface area contributed by atoms with E-state index < -0.39 is 17.1 Å². The molecule has 0 bridgehead atoms. The van der Waals surface area contributed by atoms with Gasteiger partial charge in [0.05, 0.1) is 16.4 Å². The van der Waals surface area contributed by atoms with Gasteiger partial charge in [-0.25, -0.2) is 9.36 Å². The zero-order chi connectivity index (χ0) is 20.5. The van der Waals surface area contributed by atoms with Crippen LogP contribution in [0.1, 0.15) is 5.56 Å². The molecule has 0 atom stereocenters. The summed E-state index contributed by atoms with van der Waals surface area (Å²) < 4.78 is 1.83. The summed E-state index contributed by atoms with van der Waals surface area (Å²) in [4.78, 5) is 31.2. The summed E-state index contributed by atoms with van der Waals surface area (Å²) in [5, 5.41) is 12.8. The molecule has 2 N–H and O–H groups in total. The Balaban J connectivity index is 1.91. The van der Waals surface area contributed by atoms with E-state index in [1.807, 2.05) is 30.3 Å². The van der Waals surface area contributed by atoms with Crippen molar-refractivity contribution in [1.82, 2.24) is 9.55 Å².